The number of nitrogens with one attached hydrogen (secondary N) is 4. The fraction of sp³-hybridized carbons (Fsp3) is 0.482. The lowest BCUT2D eigenvalue weighted by atomic mass is 9.77. The van der Waals surface area contributed by atoms with Gasteiger partial charge in [-0.15, -0.1) is 22.5 Å². The van der Waals surface area contributed by atoms with Crippen LogP contribution in [0.3, 0.4) is 0 Å². The first kappa shape index (κ1) is 61.9. The van der Waals surface area contributed by atoms with Crippen molar-refractivity contribution in [2.75, 3.05) is 72.6 Å². The number of carbonyl (C=O) groups excluding carboxylic acids is 5. The van der Waals surface area contributed by atoms with E-state index in [9.17, 15) is 49.5 Å². The number of hydrogen-bond donors (Lipinski definition) is 9. The minimum absolute atomic E-state index is 0.0452. The van der Waals surface area contributed by atoms with Gasteiger partial charge in [-0.3, -0.25) is 19.2 Å². The first-order valence-electron chi connectivity index (χ1n) is 27.4. The quantitative estimate of drug-likeness (QED) is 0.0154. The number of rotatable bonds is 33. The smallest absolute Gasteiger partial charge is 0.340 e. The van der Waals surface area contributed by atoms with Crippen LogP contribution >= 0.6 is 0 Å². The Kier molecular flexibility index (Phi) is 22.5. The predicted octanol–water partition coefficient (Wildman–Crippen LogP) is 0.192. The minimum Gasteiger partial charge on any atom is -0.508 e. The van der Waals surface area contributed by atoms with Crippen LogP contribution < -0.4 is 26.0 Å². The number of nitrogens with zero attached hydrogens (tertiary/aromatic N) is 6. The fourth-order valence-electron chi connectivity index (χ4n) is 9.40. The summed E-state index contributed by atoms with van der Waals surface area (Å²) in [5, 5.41) is 77.0. The monoisotopic (exact) mass is 1170 g/mol. The molecule has 5 aromatic rings. The van der Waals surface area contributed by atoms with Crippen molar-refractivity contribution in [3.05, 3.63) is 106 Å². The average Bonchev–Trinajstić information content (AvgIpc) is 1.46. The second kappa shape index (κ2) is 30.4. The number of terminal acetylenes is 1. The van der Waals surface area contributed by atoms with Crippen LogP contribution in [0.25, 0.3) is 0 Å². The molecular weight excluding hydrogens is 1100 g/mol. The van der Waals surface area contributed by atoms with E-state index in [4.69, 9.17) is 44.3 Å². The Hall–Kier alpha value is -8.11. The summed E-state index contributed by atoms with van der Waals surface area (Å²) in [4.78, 5) is 65.3. The zero-order chi connectivity index (χ0) is 59.4. The van der Waals surface area contributed by atoms with Gasteiger partial charge in [0.15, 0.2) is 11.9 Å². The molecule has 84 heavy (non-hydrogen) atoms. The van der Waals surface area contributed by atoms with Gasteiger partial charge in [-0.05, 0) is 55.7 Å². The summed E-state index contributed by atoms with van der Waals surface area (Å²) in [7, 11) is 0. The average molecular weight is 1170 g/mol. The Morgan fingerprint density at radius 2 is 1.44 bits per heavy atom. The van der Waals surface area contributed by atoms with Crippen LogP contribution in [-0.4, -0.2) is 188 Å². The number of phenols is 2. The maximum atomic E-state index is 13.5. The highest BCUT2D eigenvalue weighted by atomic mass is 16.7. The van der Waals surface area contributed by atoms with Crippen LogP contribution in [0.5, 0.6) is 23.0 Å². The molecule has 3 aliphatic rings. The summed E-state index contributed by atoms with van der Waals surface area (Å²) in [6.07, 6.45) is 6.25. The third-order valence-electron chi connectivity index (χ3n) is 13.6. The van der Waals surface area contributed by atoms with Crippen molar-refractivity contribution in [3.8, 4) is 35.3 Å². The van der Waals surface area contributed by atoms with Gasteiger partial charge in [0.05, 0.1) is 109 Å². The Morgan fingerprint density at radius 1 is 0.774 bits per heavy atom. The van der Waals surface area contributed by atoms with Crippen LogP contribution in [0, 0.1) is 12.3 Å². The predicted molar refractivity (Wildman–Crippen MR) is 290 cm³/mol. The number of fused-ring (bicyclic) bond motifs is 6. The number of unbranched alkanes of at least 4 members (excludes halogenated alkanes) is 1. The molecule has 0 aliphatic carbocycles. The van der Waals surface area contributed by atoms with E-state index in [2.05, 4.69) is 47.8 Å². The Balaban J connectivity index is 0.660. The SMILES string of the molecule is C#CCCC(=O)N[C@@H](CCCCNC(=O)Cn1cc(CNC(=O)c2ccc3c(c2)C(=O)OC32c3ccc(O)cc3Oc3cc(O)ccc32)nn1)C(=O)NCCOCCOCCOCCOCc1cn(CCO[C@@H]2O[C@H](CO)C[C@H](O)[C@H]2O)nn1. The Morgan fingerprint density at radius 3 is 2.15 bits per heavy atom. The molecule has 1 saturated heterocycles. The second-order valence-corrected chi connectivity index (χ2v) is 19.7. The molecular formula is C56H68N10O18. The van der Waals surface area contributed by atoms with Gasteiger partial charge in [0, 0.05) is 66.7 Å². The molecule has 5 heterocycles. The third-order valence-corrected chi connectivity index (χ3v) is 13.6. The molecule has 3 aromatic carbocycles. The van der Waals surface area contributed by atoms with E-state index in [1.807, 2.05) is 0 Å². The third kappa shape index (κ3) is 16.6. The molecule has 8 rings (SSSR count). The number of ether oxygens (including phenoxy) is 8. The first-order chi connectivity index (χ1) is 40.7. The standard InChI is InChI=1S/C56H68N10O18/c1-2-3-7-49(71)60-45(53(75)58-15-17-77-19-20-78-21-22-79-23-24-80-34-37-31-65(63-62-37)16-18-81-55-51(73)46(70)28-40(33-67)82-55)6-4-5-14-57-50(72)32-66-30-36(61-64-66)29-59-52(74)35-8-11-42-41(25-35)54(76)84-56(42)43-12-9-38(68)26-47(43)83-48-27-39(69)10-13-44(48)56/h1,8-13,25-27,30-31,40,45-46,51,55,67-70,73H,3-7,14-24,28-29,32-34H2,(H,57,72)(H,58,75)(H,59,74)(H,60,71)/t40-,45-,46-,51+,55+/m0/s1. The number of aromatic nitrogens is 6. The van der Waals surface area contributed by atoms with Gasteiger partial charge in [-0.1, -0.05) is 16.5 Å². The second-order valence-electron chi connectivity index (χ2n) is 19.7. The van der Waals surface area contributed by atoms with Crippen molar-refractivity contribution in [3.63, 3.8) is 0 Å². The number of amides is 4. The summed E-state index contributed by atoms with van der Waals surface area (Å²) in [6.45, 7) is 2.70. The van der Waals surface area contributed by atoms with E-state index in [1.165, 1.54) is 41.2 Å². The number of aliphatic hydroxyl groups is 3. The normalized spacial score (nSPS) is 17.7. The molecule has 0 unspecified atom stereocenters. The highest BCUT2D eigenvalue weighted by molar-refractivity contribution is 6.01. The van der Waals surface area contributed by atoms with Gasteiger partial charge in [-0.25, -0.2) is 14.2 Å². The minimum atomic E-state index is -1.48. The van der Waals surface area contributed by atoms with Crippen molar-refractivity contribution < 1.29 is 87.4 Å². The topological polar surface area (TPSA) is 370 Å². The van der Waals surface area contributed by atoms with Gasteiger partial charge in [0.2, 0.25) is 17.7 Å². The van der Waals surface area contributed by atoms with Crippen molar-refractivity contribution in [2.45, 2.75) is 101 Å². The van der Waals surface area contributed by atoms with Crippen LogP contribution in [0.4, 0.5) is 0 Å². The maximum Gasteiger partial charge on any atom is 0.340 e. The van der Waals surface area contributed by atoms with Gasteiger partial charge in [0.25, 0.3) is 5.91 Å². The summed E-state index contributed by atoms with van der Waals surface area (Å²) in [6, 6.07) is 12.6. The van der Waals surface area contributed by atoms with Crippen molar-refractivity contribution in [1.29, 1.82) is 0 Å². The molecule has 4 amide bonds. The van der Waals surface area contributed by atoms with Crippen molar-refractivity contribution >= 4 is 29.6 Å². The van der Waals surface area contributed by atoms with Crippen LogP contribution in [0.15, 0.2) is 67.0 Å². The van der Waals surface area contributed by atoms with Crippen LogP contribution in [-0.2, 0) is 79.4 Å². The van der Waals surface area contributed by atoms with E-state index in [1.54, 1.807) is 35.1 Å². The number of aliphatic hydroxyl groups excluding tert-OH is 3. The van der Waals surface area contributed by atoms with Gasteiger partial charge in [-0.2, -0.15) is 0 Å². The van der Waals surface area contributed by atoms with E-state index in [0.29, 0.717) is 86.9 Å². The maximum absolute atomic E-state index is 13.5. The Bertz CT molecular complexity index is 3040. The molecule has 2 aromatic heterocycles. The van der Waals surface area contributed by atoms with Crippen molar-refractivity contribution in [2.24, 2.45) is 0 Å². The summed E-state index contributed by atoms with van der Waals surface area (Å²) in [5.41, 5.74) is 1.12. The number of phenolic OH excluding ortho intramolecular Hbond substituents is 2. The highest BCUT2D eigenvalue weighted by Crippen LogP contribution is 2.57. The lowest BCUT2D eigenvalue weighted by molar-refractivity contribution is -0.271. The molecule has 0 radical (unpaired) electrons. The van der Waals surface area contributed by atoms with Gasteiger partial charge in [0.1, 0.15) is 53.1 Å². The number of carbonyl (C=O) groups is 5. The summed E-state index contributed by atoms with van der Waals surface area (Å²) >= 11 is 0. The molecule has 1 fully saturated rings. The van der Waals surface area contributed by atoms with Crippen molar-refractivity contribution in [1.82, 2.24) is 51.3 Å². The fourth-order valence-corrected chi connectivity index (χ4v) is 9.40. The van der Waals surface area contributed by atoms with E-state index in [-0.39, 0.29) is 124 Å². The number of aromatic hydroxyl groups is 2. The summed E-state index contributed by atoms with van der Waals surface area (Å²) in [5.74, 6) is 0.399. The molecule has 0 saturated carbocycles. The number of hydrogen-bond acceptors (Lipinski definition) is 22. The zero-order valence-corrected chi connectivity index (χ0v) is 45.9. The van der Waals surface area contributed by atoms with E-state index >= 15 is 0 Å². The Labute approximate surface area is 482 Å². The molecule has 28 heteroatoms. The molecule has 9 N–H and O–H groups in total. The lowest BCUT2D eigenvalue weighted by Gasteiger charge is -2.36. The highest BCUT2D eigenvalue weighted by Gasteiger charge is 2.54. The molecule has 5 atom stereocenters. The molecule has 1 spiro atoms. The number of esters is 1. The summed E-state index contributed by atoms with van der Waals surface area (Å²) < 4.78 is 48.2. The largest absolute Gasteiger partial charge is 0.508 e. The van der Waals surface area contributed by atoms with Crippen LogP contribution in [0.1, 0.15) is 87.3 Å². The molecule has 450 valence electrons. The van der Waals surface area contributed by atoms with Gasteiger partial charge >= 0.3 is 5.97 Å². The van der Waals surface area contributed by atoms with E-state index < -0.39 is 54.0 Å². The molecule has 3 aliphatic heterocycles. The molecule has 28 nitrogen and oxygen atoms in total. The lowest BCUT2D eigenvalue weighted by Crippen LogP contribution is -2.50. The number of benzene rings is 3. The van der Waals surface area contributed by atoms with E-state index in [0.717, 1.165) is 0 Å². The first-order valence-corrected chi connectivity index (χ1v) is 27.4. The van der Waals surface area contributed by atoms with Crippen LogP contribution in [0.2, 0.25) is 0 Å². The molecule has 0 bridgehead atoms. The van der Waals surface area contributed by atoms with Gasteiger partial charge < -0.3 is 84.7 Å². The zero-order valence-electron chi connectivity index (χ0n) is 45.9.